The summed E-state index contributed by atoms with van der Waals surface area (Å²) in [5.74, 6) is 0. The summed E-state index contributed by atoms with van der Waals surface area (Å²) in [6.07, 6.45) is 5.20. The number of hydrogen-bond acceptors (Lipinski definition) is 4. The third-order valence-corrected chi connectivity index (χ3v) is 6.51. The summed E-state index contributed by atoms with van der Waals surface area (Å²) in [5.41, 5.74) is -0.0392. The Morgan fingerprint density at radius 1 is 1.13 bits per heavy atom. The molecule has 0 amide bonds. The van der Waals surface area contributed by atoms with E-state index in [-0.39, 0.29) is 10.9 Å². The van der Waals surface area contributed by atoms with Gasteiger partial charge in [0.15, 0.2) is 0 Å². The molecule has 1 aromatic heterocycles. The van der Waals surface area contributed by atoms with Crippen molar-refractivity contribution >= 4 is 21.0 Å². The zero-order chi connectivity index (χ0) is 16.4. The molecule has 5 nitrogen and oxygen atoms in total. The molecule has 0 N–H and O–H groups in total. The van der Waals surface area contributed by atoms with Gasteiger partial charge in [-0.1, -0.05) is 26.2 Å². The van der Waals surface area contributed by atoms with Crippen molar-refractivity contribution in [1.82, 2.24) is 4.31 Å². The highest BCUT2D eigenvalue weighted by atomic mass is 32.2. The molecule has 2 aromatic rings. The van der Waals surface area contributed by atoms with Gasteiger partial charge in [-0.25, -0.2) is 13.2 Å². The molecule has 23 heavy (non-hydrogen) atoms. The van der Waals surface area contributed by atoms with E-state index in [4.69, 9.17) is 4.42 Å². The van der Waals surface area contributed by atoms with Gasteiger partial charge in [-0.2, -0.15) is 4.31 Å². The van der Waals surface area contributed by atoms with E-state index >= 15 is 0 Å². The average Bonchev–Trinajstić information content (AvgIpc) is 2.55. The third kappa shape index (κ3) is 3.19. The van der Waals surface area contributed by atoms with Gasteiger partial charge in [-0.3, -0.25) is 0 Å². The first-order chi connectivity index (χ1) is 11.0. The van der Waals surface area contributed by atoms with Crippen LogP contribution < -0.4 is 5.63 Å². The lowest BCUT2D eigenvalue weighted by atomic mass is 9.95. The van der Waals surface area contributed by atoms with Crippen LogP contribution in [0.5, 0.6) is 0 Å². The second-order valence-electron chi connectivity index (χ2n) is 5.95. The van der Waals surface area contributed by atoms with Crippen LogP contribution in [-0.2, 0) is 10.0 Å². The highest BCUT2D eigenvalue weighted by molar-refractivity contribution is 7.89. The number of sulfonamides is 1. The van der Waals surface area contributed by atoms with Crippen LogP contribution >= 0.6 is 0 Å². The predicted molar refractivity (Wildman–Crippen MR) is 88.9 cm³/mol. The van der Waals surface area contributed by atoms with Crippen molar-refractivity contribution in [1.29, 1.82) is 0 Å². The summed E-state index contributed by atoms with van der Waals surface area (Å²) in [5, 5.41) is 0.616. The Balaban J connectivity index is 2.00. The van der Waals surface area contributed by atoms with Crippen LogP contribution in [0.2, 0.25) is 0 Å². The van der Waals surface area contributed by atoms with Gasteiger partial charge in [0.1, 0.15) is 5.58 Å². The van der Waals surface area contributed by atoms with Crippen molar-refractivity contribution in [3.05, 3.63) is 40.8 Å². The fraction of sp³-hybridized carbons (Fsp3) is 0.471. The van der Waals surface area contributed by atoms with E-state index in [1.165, 1.54) is 18.6 Å². The zero-order valence-corrected chi connectivity index (χ0v) is 14.0. The molecule has 3 rings (SSSR count). The fourth-order valence-corrected chi connectivity index (χ4v) is 5.07. The highest BCUT2D eigenvalue weighted by Crippen LogP contribution is 2.28. The van der Waals surface area contributed by atoms with E-state index in [2.05, 4.69) is 0 Å². The number of benzene rings is 1. The van der Waals surface area contributed by atoms with Gasteiger partial charge < -0.3 is 4.42 Å². The Kier molecular flexibility index (Phi) is 4.55. The molecule has 1 heterocycles. The van der Waals surface area contributed by atoms with Crippen LogP contribution in [0.15, 0.2) is 44.4 Å². The Morgan fingerprint density at radius 2 is 1.87 bits per heavy atom. The summed E-state index contributed by atoms with van der Waals surface area (Å²) in [6.45, 7) is 2.35. The Bertz CT molecular complexity index is 850. The third-order valence-electron chi connectivity index (χ3n) is 4.49. The zero-order valence-electron chi connectivity index (χ0n) is 13.2. The second kappa shape index (κ2) is 6.45. The van der Waals surface area contributed by atoms with Crippen LogP contribution in [0.1, 0.15) is 39.0 Å². The lowest BCUT2D eigenvalue weighted by Crippen LogP contribution is -2.41. The minimum absolute atomic E-state index is 0.0863. The van der Waals surface area contributed by atoms with Gasteiger partial charge in [0, 0.05) is 24.0 Å². The molecule has 0 aliphatic heterocycles. The maximum Gasteiger partial charge on any atom is 0.336 e. The summed E-state index contributed by atoms with van der Waals surface area (Å²) >= 11 is 0. The molecule has 124 valence electrons. The number of hydrogen-bond donors (Lipinski definition) is 0. The van der Waals surface area contributed by atoms with Crippen molar-refractivity contribution in [2.24, 2.45) is 0 Å². The molecule has 1 fully saturated rings. The maximum absolute atomic E-state index is 13.0. The van der Waals surface area contributed by atoms with E-state index in [1.54, 1.807) is 22.5 Å². The number of nitrogens with zero attached hydrogens (tertiary/aromatic N) is 1. The molecule has 1 saturated carbocycles. The average molecular weight is 335 g/mol. The molecule has 0 radical (unpaired) electrons. The Hall–Kier alpha value is -1.66. The Morgan fingerprint density at radius 3 is 2.57 bits per heavy atom. The van der Waals surface area contributed by atoms with Crippen LogP contribution in [0, 0.1) is 0 Å². The summed E-state index contributed by atoms with van der Waals surface area (Å²) in [6, 6.07) is 7.64. The van der Waals surface area contributed by atoms with Crippen LogP contribution in [0.3, 0.4) is 0 Å². The minimum atomic E-state index is -3.54. The monoisotopic (exact) mass is 335 g/mol. The van der Waals surface area contributed by atoms with E-state index in [9.17, 15) is 13.2 Å². The van der Waals surface area contributed by atoms with E-state index in [1.807, 2.05) is 6.92 Å². The van der Waals surface area contributed by atoms with Crippen LogP contribution in [0.25, 0.3) is 11.0 Å². The molecule has 1 aliphatic rings. The Labute approximate surface area is 136 Å². The molecule has 0 spiro atoms. The largest absolute Gasteiger partial charge is 0.423 e. The molecule has 6 heteroatoms. The first-order valence-electron chi connectivity index (χ1n) is 8.08. The van der Waals surface area contributed by atoms with Crippen molar-refractivity contribution in [2.75, 3.05) is 6.54 Å². The normalized spacial score (nSPS) is 17.0. The van der Waals surface area contributed by atoms with Crippen LogP contribution in [-0.4, -0.2) is 25.3 Å². The van der Waals surface area contributed by atoms with Gasteiger partial charge in [-0.05, 0) is 37.1 Å². The maximum atomic E-state index is 13.0. The van der Waals surface area contributed by atoms with Crippen molar-refractivity contribution < 1.29 is 12.8 Å². The molecule has 0 atom stereocenters. The topological polar surface area (TPSA) is 67.6 Å². The first-order valence-corrected chi connectivity index (χ1v) is 9.52. The summed E-state index contributed by atoms with van der Waals surface area (Å²) in [4.78, 5) is 11.5. The van der Waals surface area contributed by atoms with E-state index < -0.39 is 15.6 Å². The first kappa shape index (κ1) is 16.2. The van der Waals surface area contributed by atoms with Gasteiger partial charge >= 0.3 is 5.63 Å². The van der Waals surface area contributed by atoms with Crippen molar-refractivity contribution in [3.8, 4) is 0 Å². The van der Waals surface area contributed by atoms with Crippen LogP contribution in [0.4, 0.5) is 0 Å². The van der Waals surface area contributed by atoms with Crippen molar-refractivity contribution in [3.63, 3.8) is 0 Å². The second-order valence-corrected chi connectivity index (χ2v) is 7.84. The molecule has 0 saturated heterocycles. The molecule has 1 aromatic carbocycles. The standard InChI is InChI=1S/C17H21NO4S/c1-2-18(14-6-4-3-5-7-14)23(20,21)15-9-10-16-13(12-15)8-11-17(19)22-16/h8-12,14H,2-7H2,1H3. The predicted octanol–water partition coefficient (Wildman–Crippen LogP) is 3.14. The molecule has 0 unspecified atom stereocenters. The van der Waals surface area contributed by atoms with Gasteiger partial charge in [-0.15, -0.1) is 0 Å². The number of rotatable bonds is 4. The lowest BCUT2D eigenvalue weighted by Gasteiger charge is -2.32. The minimum Gasteiger partial charge on any atom is -0.423 e. The molecule has 1 aliphatic carbocycles. The molecular weight excluding hydrogens is 314 g/mol. The smallest absolute Gasteiger partial charge is 0.336 e. The summed E-state index contributed by atoms with van der Waals surface area (Å²) < 4.78 is 32.7. The fourth-order valence-electron chi connectivity index (χ4n) is 3.34. The molecule has 0 bridgehead atoms. The number of fused-ring (bicyclic) bond motifs is 1. The van der Waals surface area contributed by atoms with Gasteiger partial charge in [0.25, 0.3) is 0 Å². The van der Waals surface area contributed by atoms with Gasteiger partial charge in [0.05, 0.1) is 4.90 Å². The van der Waals surface area contributed by atoms with E-state index in [0.29, 0.717) is 17.5 Å². The molecular formula is C17H21NO4S. The summed E-state index contributed by atoms with van der Waals surface area (Å²) in [7, 11) is -3.54. The quantitative estimate of drug-likeness (QED) is 0.805. The highest BCUT2D eigenvalue weighted by Gasteiger charge is 2.31. The SMILES string of the molecule is CCN(C1CCCCC1)S(=O)(=O)c1ccc2oc(=O)ccc2c1. The van der Waals surface area contributed by atoms with Crippen molar-refractivity contribution in [2.45, 2.75) is 50.0 Å². The van der Waals surface area contributed by atoms with Gasteiger partial charge in [0.2, 0.25) is 10.0 Å². The van der Waals surface area contributed by atoms with E-state index in [0.717, 1.165) is 25.7 Å². The lowest BCUT2D eigenvalue weighted by molar-refractivity contribution is 0.261.